The summed E-state index contributed by atoms with van der Waals surface area (Å²) in [6.45, 7) is 0. The third-order valence-electron chi connectivity index (χ3n) is 9.36. The maximum absolute atomic E-state index is 9.93. The molecule has 222 valence electrons. The first-order valence-corrected chi connectivity index (χ1v) is 15.9. The van der Waals surface area contributed by atoms with Crippen LogP contribution in [0.4, 0.5) is 0 Å². The minimum absolute atomic E-state index is 0.618. The first kappa shape index (κ1) is 27.4. The van der Waals surface area contributed by atoms with Gasteiger partial charge in [-0.3, -0.25) is 0 Å². The average molecular weight is 611 g/mol. The largest absolute Gasteiger partial charge is 0.309 e. The molecule has 9 aromatic rings. The topological polar surface area (TPSA) is 57.4 Å². The van der Waals surface area contributed by atoms with Gasteiger partial charge in [0.25, 0.3) is 0 Å². The average Bonchev–Trinajstić information content (AvgIpc) is 3.67. The van der Waals surface area contributed by atoms with Crippen molar-refractivity contribution in [1.82, 2.24) is 9.13 Å². The van der Waals surface area contributed by atoms with E-state index < -0.39 is 0 Å². The van der Waals surface area contributed by atoms with Crippen molar-refractivity contribution < 1.29 is 0 Å². The summed E-state index contributed by atoms with van der Waals surface area (Å²) in [5, 5.41) is 24.1. The van der Waals surface area contributed by atoms with Gasteiger partial charge < -0.3 is 9.13 Å². The molecular weight excluding hydrogens is 585 g/mol. The number of nitrogens with zero attached hydrogens (tertiary/aromatic N) is 4. The highest BCUT2D eigenvalue weighted by molar-refractivity contribution is 6.10. The summed E-state index contributed by atoms with van der Waals surface area (Å²) in [5.74, 6) is 0. The molecule has 0 radical (unpaired) electrons. The Morgan fingerprint density at radius 1 is 0.375 bits per heavy atom. The van der Waals surface area contributed by atoms with Crippen LogP contribution < -0.4 is 0 Å². The lowest BCUT2D eigenvalue weighted by molar-refractivity contribution is 1.18. The quantitative estimate of drug-likeness (QED) is 0.199. The Morgan fingerprint density at radius 2 is 0.896 bits per heavy atom. The van der Waals surface area contributed by atoms with E-state index in [0.717, 1.165) is 66.5 Å². The molecule has 0 saturated carbocycles. The molecule has 0 N–H and O–H groups in total. The first-order valence-electron chi connectivity index (χ1n) is 15.9. The van der Waals surface area contributed by atoms with E-state index in [1.54, 1.807) is 0 Å². The SMILES string of the molecule is N#Cc1ccc(-n2c3ccccc3c3ccccc32)c(-c2cccc(-c3cccc(-n4c5ccccc5c5cc(C#N)ccc54)c3)c2)c1. The molecule has 48 heavy (non-hydrogen) atoms. The monoisotopic (exact) mass is 610 g/mol. The fraction of sp³-hybridized carbons (Fsp3) is 0. The number of hydrogen-bond donors (Lipinski definition) is 0. The van der Waals surface area contributed by atoms with Gasteiger partial charge in [-0.25, -0.2) is 0 Å². The van der Waals surface area contributed by atoms with Crippen molar-refractivity contribution in [2.45, 2.75) is 0 Å². The highest BCUT2D eigenvalue weighted by atomic mass is 15.0. The molecule has 7 aromatic carbocycles. The summed E-state index contributed by atoms with van der Waals surface area (Å²) in [7, 11) is 0. The van der Waals surface area contributed by atoms with Crippen LogP contribution in [0, 0.1) is 22.7 Å². The molecular formula is C44H26N4. The Labute approximate surface area is 277 Å². The predicted octanol–water partition coefficient (Wildman–Crippen LogP) is 11.0. The molecule has 0 saturated heterocycles. The zero-order valence-electron chi connectivity index (χ0n) is 25.8. The molecule has 4 nitrogen and oxygen atoms in total. The molecule has 0 fully saturated rings. The molecule has 0 aliphatic rings. The van der Waals surface area contributed by atoms with Crippen LogP contribution in [-0.2, 0) is 0 Å². The summed E-state index contributed by atoms with van der Waals surface area (Å²) < 4.78 is 4.59. The van der Waals surface area contributed by atoms with Gasteiger partial charge in [0.2, 0.25) is 0 Å². The van der Waals surface area contributed by atoms with Crippen molar-refractivity contribution in [2.24, 2.45) is 0 Å². The van der Waals surface area contributed by atoms with Crippen LogP contribution in [0.1, 0.15) is 11.1 Å². The van der Waals surface area contributed by atoms with E-state index in [2.05, 4.69) is 143 Å². The maximum Gasteiger partial charge on any atom is 0.0991 e. The van der Waals surface area contributed by atoms with Crippen LogP contribution in [0.2, 0.25) is 0 Å². The molecule has 0 atom stereocenters. The molecule has 4 heteroatoms. The van der Waals surface area contributed by atoms with Crippen LogP contribution in [0.15, 0.2) is 158 Å². The van der Waals surface area contributed by atoms with E-state index in [1.165, 1.54) is 10.8 Å². The number of aromatic nitrogens is 2. The standard InChI is InChI=1S/C44H26N4/c45-27-29-19-21-43(48-41-17-5-1-13-35(41)36-14-2-6-18-42(36)48)38(23-29)33-11-7-9-31(25-33)32-10-8-12-34(26-32)47-40-16-4-3-15-37(40)39-24-30(28-46)20-22-44(39)47/h1-26H. The van der Waals surface area contributed by atoms with Crippen molar-refractivity contribution in [3.63, 3.8) is 0 Å². The predicted molar refractivity (Wildman–Crippen MR) is 195 cm³/mol. The van der Waals surface area contributed by atoms with Gasteiger partial charge in [0.1, 0.15) is 0 Å². The van der Waals surface area contributed by atoms with Crippen LogP contribution in [0.25, 0.3) is 77.2 Å². The number of benzene rings is 7. The van der Waals surface area contributed by atoms with Crippen molar-refractivity contribution in [3.05, 3.63) is 169 Å². The van der Waals surface area contributed by atoms with Crippen molar-refractivity contribution >= 4 is 43.6 Å². The van der Waals surface area contributed by atoms with Crippen molar-refractivity contribution in [2.75, 3.05) is 0 Å². The van der Waals surface area contributed by atoms with Crippen molar-refractivity contribution in [3.8, 4) is 45.8 Å². The van der Waals surface area contributed by atoms with Crippen LogP contribution >= 0.6 is 0 Å². The molecule has 0 spiro atoms. The van der Waals surface area contributed by atoms with Gasteiger partial charge in [-0.1, -0.05) is 84.9 Å². The molecule has 9 rings (SSSR count). The number of para-hydroxylation sites is 3. The van der Waals surface area contributed by atoms with Gasteiger partial charge in [-0.2, -0.15) is 10.5 Å². The van der Waals surface area contributed by atoms with E-state index >= 15 is 0 Å². The van der Waals surface area contributed by atoms with Gasteiger partial charge in [-0.05, 0) is 89.5 Å². The third-order valence-corrected chi connectivity index (χ3v) is 9.36. The Balaban J connectivity index is 1.22. The number of rotatable bonds is 4. The van der Waals surface area contributed by atoms with Gasteiger partial charge >= 0.3 is 0 Å². The first-order chi connectivity index (χ1) is 23.7. The minimum atomic E-state index is 0.618. The van der Waals surface area contributed by atoms with E-state index in [9.17, 15) is 10.5 Å². The number of fused-ring (bicyclic) bond motifs is 6. The molecule has 2 heterocycles. The summed E-state index contributed by atoms with van der Waals surface area (Å²) >= 11 is 0. The second-order valence-electron chi connectivity index (χ2n) is 12.0. The van der Waals surface area contributed by atoms with Gasteiger partial charge in [-0.15, -0.1) is 0 Å². The lowest BCUT2D eigenvalue weighted by Gasteiger charge is -2.16. The zero-order chi connectivity index (χ0) is 32.2. The van der Waals surface area contributed by atoms with E-state index in [4.69, 9.17) is 0 Å². The Kier molecular flexibility index (Phi) is 6.22. The Bertz CT molecular complexity index is 2760. The van der Waals surface area contributed by atoms with Crippen LogP contribution in [0.3, 0.4) is 0 Å². The smallest absolute Gasteiger partial charge is 0.0991 e. The highest BCUT2D eigenvalue weighted by Crippen LogP contribution is 2.38. The highest BCUT2D eigenvalue weighted by Gasteiger charge is 2.17. The molecule has 0 unspecified atom stereocenters. The lowest BCUT2D eigenvalue weighted by Crippen LogP contribution is -1.98. The van der Waals surface area contributed by atoms with Crippen LogP contribution in [0.5, 0.6) is 0 Å². The van der Waals surface area contributed by atoms with Crippen molar-refractivity contribution in [1.29, 1.82) is 10.5 Å². The summed E-state index contributed by atoms with van der Waals surface area (Å²) in [4.78, 5) is 0. The normalized spacial score (nSPS) is 11.3. The molecule has 0 aliphatic heterocycles. The molecule has 0 amide bonds. The molecule has 0 aliphatic carbocycles. The van der Waals surface area contributed by atoms with E-state index in [0.29, 0.717) is 11.1 Å². The van der Waals surface area contributed by atoms with Crippen LogP contribution in [-0.4, -0.2) is 9.13 Å². The molecule has 2 aromatic heterocycles. The zero-order valence-corrected chi connectivity index (χ0v) is 25.8. The Hall–Kier alpha value is -6.88. The second-order valence-corrected chi connectivity index (χ2v) is 12.0. The number of nitriles is 2. The fourth-order valence-corrected chi connectivity index (χ4v) is 7.23. The van der Waals surface area contributed by atoms with Gasteiger partial charge in [0.15, 0.2) is 0 Å². The second kappa shape index (κ2) is 10.9. The van der Waals surface area contributed by atoms with E-state index in [1.807, 2.05) is 36.4 Å². The van der Waals surface area contributed by atoms with Gasteiger partial charge in [0, 0.05) is 32.8 Å². The van der Waals surface area contributed by atoms with Gasteiger partial charge in [0.05, 0.1) is 51.0 Å². The molecule has 0 bridgehead atoms. The number of hydrogen-bond acceptors (Lipinski definition) is 2. The third kappa shape index (κ3) is 4.22. The Morgan fingerprint density at radius 3 is 1.58 bits per heavy atom. The fourth-order valence-electron chi connectivity index (χ4n) is 7.23. The lowest BCUT2D eigenvalue weighted by atomic mass is 9.96. The summed E-state index contributed by atoms with van der Waals surface area (Å²) in [6.07, 6.45) is 0. The van der Waals surface area contributed by atoms with E-state index in [-0.39, 0.29) is 0 Å². The summed E-state index contributed by atoms with van der Waals surface area (Å²) in [5.41, 5.74) is 11.9. The summed E-state index contributed by atoms with van der Waals surface area (Å²) in [6, 6.07) is 59.0. The maximum atomic E-state index is 9.93. The minimum Gasteiger partial charge on any atom is -0.309 e.